The van der Waals surface area contributed by atoms with Crippen molar-refractivity contribution in [1.82, 2.24) is 4.90 Å². The summed E-state index contributed by atoms with van der Waals surface area (Å²) in [5.74, 6) is -0.709. The molecule has 1 amide bonds. The molecule has 1 rings (SSSR count). The van der Waals surface area contributed by atoms with Crippen LogP contribution in [0.5, 0.6) is 0 Å². The molecule has 19 heavy (non-hydrogen) atoms. The first-order valence-corrected chi connectivity index (χ1v) is 7.87. The van der Waals surface area contributed by atoms with Crippen molar-refractivity contribution >= 4 is 33.4 Å². The van der Waals surface area contributed by atoms with Gasteiger partial charge in [-0.3, -0.25) is 4.79 Å². The molecule has 0 heterocycles. The van der Waals surface area contributed by atoms with Gasteiger partial charge in [-0.15, -0.1) is 0 Å². The monoisotopic (exact) mass is 349 g/mol. The summed E-state index contributed by atoms with van der Waals surface area (Å²) < 4.78 is 13.4. The average molecular weight is 351 g/mol. The number of rotatable bonds is 6. The second-order valence-corrected chi connectivity index (χ2v) is 5.49. The number of halogens is 3. The molecule has 0 N–H and O–H groups in total. The molecule has 0 atom stereocenters. The number of hydrogen-bond donors (Lipinski definition) is 0. The first-order chi connectivity index (χ1) is 9.04. The van der Waals surface area contributed by atoms with Gasteiger partial charge in [-0.1, -0.05) is 41.4 Å². The Balaban J connectivity index is 3.01. The smallest absolute Gasteiger partial charge is 0.254 e. The first kappa shape index (κ1) is 16.4. The highest BCUT2D eigenvalue weighted by atomic mass is 79.9. The zero-order valence-electron chi connectivity index (χ0n) is 11.1. The van der Waals surface area contributed by atoms with Crippen LogP contribution in [0.2, 0.25) is 5.02 Å². The average Bonchev–Trinajstić information content (AvgIpc) is 2.41. The van der Waals surface area contributed by atoms with Gasteiger partial charge in [0.25, 0.3) is 5.91 Å². The van der Waals surface area contributed by atoms with Gasteiger partial charge in [0.15, 0.2) is 0 Å². The van der Waals surface area contributed by atoms with Crippen molar-refractivity contribution in [3.8, 4) is 0 Å². The minimum Gasteiger partial charge on any atom is -0.335 e. The number of nitrogens with zero attached hydrogens (tertiary/aromatic N) is 1. The summed E-state index contributed by atoms with van der Waals surface area (Å²) >= 11 is 8.99. The molecule has 106 valence electrons. The minimum absolute atomic E-state index is 0.0334. The number of carbonyl (C=O) groups excluding carboxylic acids is 1. The quantitative estimate of drug-likeness (QED) is 0.692. The van der Waals surface area contributed by atoms with Crippen LogP contribution in [0.3, 0.4) is 0 Å². The zero-order valence-corrected chi connectivity index (χ0v) is 13.5. The molecule has 0 aromatic heterocycles. The van der Waals surface area contributed by atoms with Crippen LogP contribution in [-0.2, 0) is 0 Å². The third-order valence-electron chi connectivity index (χ3n) is 3.14. The van der Waals surface area contributed by atoms with E-state index in [0.717, 1.165) is 12.8 Å². The molecule has 0 bridgehead atoms. The topological polar surface area (TPSA) is 20.3 Å². The van der Waals surface area contributed by atoms with E-state index in [4.69, 9.17) is 11.6 Å². The number of alkyl halides is 1. The first-order valence-electron chi connectivity index (χ1n) is 6.37. The molecule has 0 aliphatic heterocycles. The molecule has 0 saturated carbocycles. The van der Waals surface area contributed by atoms with E-state index in [-0.39, 0.29) is 17.0 Å². The maximum Gasteiger partial charge on any atom is 0.254 e. The van der Waals surface area contributed by atoms with Crippen LogP contribution in [0.4, 0.5) is 4.39 Å². The summed E-state index contributed by atoms with van der Waals surface area (Å²) in [5.41, 5.74) is 0.342. The van der Waals surface area contributed by atoms with Crippen LogP contribution >= 0.6 is 27.5 Å². The largest absolute Gasteiger partial charge is 0.335 e. The third-order valence-corrected chi connectivity index (χ3v) is 3.80. The summed E-state index contributed by atoms with van der Waals surface area (Å²) in [6.07, 6.45) is 1.76. The zero-order chi connectivity index (χ0) is 14.4. The number of hydrogen-bond acceptors (Lipinski definition) is 1. The van der Waals surface area contributed by atoms with Gasteiger partial charge in [0, 0.05) is 23.5 Å². The fraction of sp³-hybridized carbons (Fsp3) is 0.500. The lowest BCUT2D eigenvalue weighted by Gasteiger charge is -2.30. The van der Waals surface area contributed by atoms with Crippen LogP contribution in [0.1, 0.15) is 37.0 Å². The van der Waals surface area contributed by atoms with Gasteiger partial charge in [-0.05, 0) is 31.0 Å². The molecule has 0 aliphatic carbocycles. The van der Waals surface area contributed by atoms with Crippen molar-refractivity contribution < 1.29 is 9.18 Å². The predicted octanol–water partition coefficient (Wildman–Crippen LogP) is 4.50. The molecule has 0 saturated heterocycles. The van der Waals surface area contributed by atoms with Crippen molar-refractivity contribution in [3.05, 3.63) is 34.6 Å². The van der Waals surface area contributed by atoms with Crippen LogP contribution in [0, 0.1) is 5.82 Å². The van der Waals surface area contributed by atoms with Gasteiger partial charge < -0.3 is 4.90 Å². The Bertz CT molecular complexity index is 437. The normalized spacial score (nSPS) is 10.8. The summed E-state index contributed by atoms with van der Waals surface area (Å²) in [6.45, 7) is 4.70. The Morgan fingerprint density at radius 2 is 2.05 bits per heavy atom. The highest BCUT2D eigenvalue weighted by Gasteiger charge is 2.22. The van der Waals surface area contributed by atoms with Gasteiger partial charge in [-0.25, -0.2) is 4.39 Å². The van der Waals surface area contributed by atoms with Crippen molar-refractivity contribution in [3.63, 3.8) is 0 Å². The Hall–Kier alpha value is -0.610. The SMILES string of the molecule is CCC(CC)N(CCBr)C(=O)c1ccc(Cl)c(F)c1. The van der Waals surface area contributed by atoms with E-state index in [1.807, 2.05) is 13.8 Å². The van der Waals surface area contributed by atoms with Crippen LogP contribution in [0.15, 0.2) is 18.2 Å². The summed E-state index contributed by atoms with van der Waals surface area (Å²) in [6, 6.07) is 4.36. The molecule has 0 unspecified atom stereocenters. The van der Waals surface area contributed by atoms with Crippen molar-refractivity contribution in [2.75, 3.05) is 11.9 Å². The molecular weight excluding hydrogens is 333 g/mol. The van der Waals surface area contributed by atoms with Crippen molar-refractivity contribution in [2.45, 2.75) is 32.7 Å². The maximum atomic E-state index is 13.4. The number of carbonyl (C=O) groups is 1. The number of amides is 1. The minimum atomic E-state index is -0.559. The standard InChI is InChI=1S/C14H18BrClFNO/c1-3-11(4-2)18(8-7-15)14(19)10-5-6-12(16)13(17)9-10/h5-6,9,11H,3-4,7-8H2,1-2H3. The lowest BCUT2D eigenvalue weighted by Crippen LogP contribution is -2.41. The molecular formula is C14H18BrClFNO. The molecule has 2 nitrogen and oxygen atoms in total. The Labute approximate surface area is 127 Å². The lowest BCUT2D eigenvalue weighted by molar-refractivity contribution is 0.0682. The van der Waals surface area contributed by atoms with Crippen LogP contribution < -0.4 is 0 Å². The Morgan fingerprint density at radius 3 is 2.53 bits per heavy atom. The van der Waals surface area contributed by atoms with Gasteiger partial charge >= 0.3 is 0 Å². The van der Waals surface area contributed by atoms with Crippen molar-refractivity contribution in [1.29, 1.82) is 0 Å². The fourth-order valence-corrected chi connectivity index (χ4v) is 2.57. The van der Waals surface area contributed by atoms with E-state index in [1.165, 1.54) is 12.1 Å². The van der Waals surface area contributed by atoms with E-state index < -0.39 is 5.82 Å². The van der Waals surface area contributed by atoms with Gasteiger partial charge in [0.2, 0.25) is 0 Å². The highest BCUT2D eigenvalue weighted by Crippen LogP contribution is 2.19. The lowest BCUT2D eigenvalue weighted by atomic mass is 10.1. The van der Waals surface area contributed by atoms with E-state index in [9.17, 15) is 9.18 Å². The Kier molecular flexibility index (Phi) is 6.80. The van der Waals surface area contributed by atoms with E-state index in [1.54, 1.807) is 11.0 Å². The van der Waals surface area contributed by atoms with Gasteiger partial charge in [-0.2, -0.15) is 0 Å². The van der Waals surface area contributed by atoms with Crippen LogP contribution in [0.25, 0.3) is 0 Å². The molecule has 0 spiro atoms. The fourth-order valence-electron chi connectivity index (χ4n) is 2.07. The second kappa shape index (κ2) is 7.85. The van der Waals surface area contributed by atoms with Crippen LogP contribution in [-0.4, -0.2) is 28.7 Å². The summed E-state index contributed by atoms with van der Waals surface area (Å²) in [4.78, 5) is 14.2. The predicted molar refractivity (Wildman–Crippen MR) is 80.6 cm³/mol. The third kappa shape index (κ3) is 4.18. The van der Waals surface area contributed by atoms with Gasteiger partial charge in [0.05, 0.1) is 5.02 Å². The van der Waals surface area contributed by atoms with Crippen molar-refractivity contribution in [2.24, 2.45) is 0 Å². The number of benzene rings is 1. The molecule has 0 fully saturated rings. The molecule has 0 aliphatic rings. The summed E-state index contributed by atoms with van der Waals surface area (Å²) in [5, 5.41) is 0.733. The molecule has 1 aromatic carbocycles. The summed E-state index contributed by atoms with van der Waals surface area (Å²) in [7, 11) is 0. The molecule has 1 aromatic rings. The molecule has 0 radical (unpaired) electrons. The van der Waals surface area contributed by atoms with E-state index >= 15 is 0 Å². The molecule has 5 heteroatoms. The van der Waals surface area contributed by atoms with E-state index in [0.29, 0.717) is 17.4 Å². The highest BCUT2D eigenvalue weighted by molar-refractivity contribution is 9.09. The maximum absolute atomic E-state index is 13.4. The van der Waals surface area contributed by atoms with Gasteiger partial charge in [0.1, 0.15) is 5.82 Å². The second-order valence-electron chi connectivity index (χ2n) is 4.29. The van der Waals surface area contributed by atoms with E-state index in [2.05, 4.69) is 15.9 Å². The Morgan fingerprint density at radius 1 is 1.42 bits per heavy atom.